The van der Waals surface area contributed by atoms with E-state index in [4.69, 9.17) is 11.6 Å². The number of carbonyl (C=O) groups is 1. The lowest BCUT2D eigenvalue weighted by Gasteiger charge is -2.10. The third kappa shape index (κ3) is 2.61. The lowest BCUT2D eigenvalue weighted by Crippen LogP contribution is -2.21. The summed E-state index contributed by atoms with van der Waals surface area (Å²) in [5, 5.41) is 11.0. The summed E-state index contributed by atoms with van der Waals surface area (Å²) in [7, 11) is 0. The largest absolute Gasteiger partial charge is 0.478 e. The molecule has 0 saturated carbocycles. The van der Waals surface area contributed by atoms with E-state index in [2.05, 4.69) is 0 Å². The Morgan fingerprint density at radius 1 is 1.14 bits per heavy atom. The molecule has 0 bridgehead atoms. The number of hydrogen-bond acceptors (Lipinski definition) is 2. The van der Waals surface area contributed by atoms with Gasteiger partial charge in [-0.1, -0.05) is 35.9 Å². The van der Waals surface area contributed by atoms with Crippen molar-refractivity contribution in [3.8, 4) is 0 Å². The van der Waals surface area contributed by atoms with Gasteiger partial charge in [0.25, 0.3) is 5.56 Å². The summed E-state index contributed by atoms with van der Waals surface area (Å²) in [5.74, 6) is -1.01. The van der Waals surface area contributed by atoms with Gasteiger partial charge in [0.2, 0.25) is 0 Å². The second kappa shape index (κ2) is 5.66. The van der Waals surface area contributed by atoms with Crippen LogP contribution < -0.4 is 5.56 Å². The Hall–Kier alpha value is -2.59. The third-order valence-electron chi connectivity index (χ3n) is 3.53. The molecule has 1 N–H and O–H groups in total. The van der Waals surface area contributed by atoms with Crippen LogP contribution in [0, 0.1) is 0 Å². The van der Waals surface area contributed by atoms with Crippen molar-refractivity contribution in [3.63, 3.8) is 0 Å². The van der Waals surface area contributed by atoms with Gasteiger partial charge in [-0.05, 0) is 35.2 Å². The highest BCUT2D eigenvalue weighted by atomic mass is 35.5. The molecular formula is C17H12ClNO3. The molecule has 4 nitrogen and oxygen atoms in total. The standard InChI is InChI=1S/C17H12ClNO3/c18-13-6-5-11-7-8-19(16(20)15(11)9-13)10-12-3-1-2-4-14(12)17(21)22/h1-9H,10H2,(H,21,22). The molecule has 0 aliphatic carbocycles. The first-order valence-electron chi connectivity index (χ1n) is 6.66. The van der Waals surface area contributed by atoms with Gasteiger partial charge in [-0.3, -0.25) is 4.79 Å². The Morgan fingerprint density at radius 3 is 2.68 bits per heavy atom. The molecule has 0 unspecified atom stereocenters. The van der Waals surface area contributed by atoms with Crippen molar-refractivity contribution in [2.75, 3.05) is 0 Å². The molecule has 3 aromatic rings. The summed E-state index contributed by atoms with van der Waals surface area (Å²) in [6.45, 7) is 0.198. The normalized spacial score (nSPS) is 10.8. The average Bonchev–Trinajstić information content (AvgIpc) is 2.51. The van der Waals surface area contributed by atoms with Crippen LogP contribution in [-0.2, 0) is 6.54 Å². The van der Waals surface area contributed by atoms with E-state index in [9.17, 15) is 14.7 Å². The van der Waals surface area contributed by atoms with E-state index in [1.54, 1.807) is 42.6 Å². The van der Waals surface area contributed by atoms with Gasteiger partial charge in [0.1, 0.15) is 0 Å². The maximum Gasteiger partial charge on any atom is 0.336 e. The molecule has 5 heteroatoms. The Morgan fingerprint density at radius 2 is 1.91 bits per heavy atom. The number of benzene rings is 2. The van der Waals surface area contributed by atoms with Crippen LogP contribution in [0.5, 0.6) is 0 Å². The topological polar surface area (TPSA) is 59.3 Å². The highest BCUT2D eigenvalue weighted by Crippen LogP contribution is 2.17. The number of nitrogens with zero attached hydrogens (tertiary/aromatic N) is 1. The fourth-order valence-corrected chi connectivity index (χ4v) is 2.60. The fourth-order valence-electron chi connectivity index (χ4n) is 2.43. The van der Waals surface area contributed by atoms with Crippen LogP contribution in [0.3, 0.4) is 0 Å². The number of halogens is 1. The lowest BCUT2D eigenvalue weighted by atomic mass is 10.1. The van der Waals surface area contributed by atoms with E-state index in [0.717, 1.165) is 5.39 Å². The molecule has 22 heavy (non-hydrogen) atoms. The highest BCUT2D eigenvalue weighted by Gasteiger charge is 2.11. The van der Waals surface area contributed by atoms with Gasteiger partial charge in [-0.25, -0.2) is 4.79 Å². The van der Waals surface area contributed by atoms with E-state index < -0.39 is 5.97 Å². The van der Waals surface area contributed by atoms with E-state index in [1.165, 1.54) is 10.6 Å². The fraction of sp³-hybridized carbons (Fsp3) is 0.0588. The first kappa shape index (κ1) is 14.4. The Kier molecular flexibility index (Phi) is 3.69. The Bertz CT molecular complexity index is 931. The molecule has 0 fully saturated rings. The van der Waals surface area contributed by atoms with Crippen molar-refractivity contribution in [2.45, 2.75) is 6.54 Å². The number of hydrogen-bond donors (Lipinski definition) is 1. The molecule has 0 radical (unpaired) electrons. The number of fused-ring (bicyclic) bond motifs is 1. The number of aromatic nitrogens is 1. The zero-order chi connectivity index (χ0) is 15.7. The summed E-state index contributed by atoms with van der Waals surface area (Å²) in [5.41, 5.74) is 0.583. The molecule has 0 atom stereocenters. The highest BCUT2D eigenvalue weighted by molar-refractivity contribution is 6.31. The average molecular weight is 314 g/mol. The second-order valence-electron chi connectivity index (χ2n) is 4.94. The molecule has 110 valence electrons. The lowest BCUT2D eigenvalue weighted by molar-refractivity contribution is 0.0695. The van der Waals surface area contributed by atoms with E-state index in [-0.39, 0.29) is 17.7 Å². The predicted octanol–water partition coefficient (Wildman–Crippen LogP) is 3.40. The maximum atomic E-state index is 12.5. The van der Waals surface area contributed by atoms with Crippen molar-refractivity contribution in [1.82, 2.24) is 4.57 Å². The smallest absolute Gasteiger partial charge is 0.336 e. The first-order chi connectivity index (χ1) is 10.6. The molecule has 1 aromatic heterocycles. The van der Waals surface area contributed by atoms with Gasteiger partial charge in [-0.2, -0.15) is 0 Å². The van der Waals surface area contributed by atoms with Crippen molar-refractivity contribution in [1.29, 1.82) is 0 Å². The van der Waals surface area contributed by atoms with E-state index in [1.807, 2.05) is 6.07 Å². The molecule has 0 aliphatic rings. The van der Waals surface area contributed by atoms with Crippen LogP contribution in [0.25, 0.3) is 10.8 Å². The van der Waals surface area contributed by atoms with Crippen LogP contribution in [0.1, 0.15) is 15.9 Å². The number of rotatable bonds is 3. The molecule has 1 heterocycles. The summed E-state index contributed by atoms with van der Waals surface area (Å²) < 4.78 is 1.49. The summed E-state index contributed by atoms with van der Waals surface area (Å²) in [6.07, 6.45) is 1.66. The van der Waals surface area contributed by atoms with Crippen LogP contribution in [0.2, 0.25) is 5.02 Å². The van der Waals surface area contributed by atoms with Gasteiger partial charge >= 0.3 is 5.97 Å². The van der Waals surface area contributed by atoms with E-state index >= 15 is 0 Å². The molecule has 0 spiro atoms. The summed E-state index contributed by atoms with van der Waals surface area (Å²) in [4.78, 5) is 23.8. The van der Waals surface area contributed by atoms with Crippen LogP contribution in [0.15, 0.2) is 59.5 Å². The van der Waals surface area contributed by atoms with Crippen molar-refractivity contribution >= 4 is 28.3 Å². The molecular weight excluding hydrogens is 302 g/mol. The quantitative estimate of drug-likeness (QED) is 0.806. The molecule has 0 saturated heterocycles. The minimum atomic E-state index is -1.01. The summed E-state index contributed by atoms with van der Waals surface area (Å²) >= 11 is 5.94. The number of aromatic carboxylic acids is 1. The predicted molar refractivity (Wildman–Crippen MR) is 85.7 cm³/mol. The second-order valence-corrected chi connectivity index (χ2v) is 5.38. The van der Waals surface area contributed by atoms with Crippen LogP contribution >= 0.6 is 11.6 Å². The van der Waals surface area contributed by atoms with Gasteiger partial charge in [0.05, 0.1) is 12.1 Å². The Balaban J connectivity index is 2.11. The number of carboxylic acid groups (broad SMARTS) is 1. The summed E-state index contributed by atoms with van der Waals surface area (Å²) in [6, 6.07) is 13.6. The van der Waals surface area contributed by atoms with Crippen molar-refractivity contribution in [3.05, 3.63) is 81.2 Å². The van der Waals surface area contributed by atoms with E-state index in [0.29, 0.717) is 16.0 Å². The number of pyridine rings is 1. The minimum absolute atomic E-state index is 0.194. The molecule has 3 rings (SSSR count). The van der Waals surface area contributed by atoms with Gasteiger partial charge in [-0.15, -0.1) is 0 Å². The monoisotopic (exact) mass is 313 g/mol. The van der Waals surface area contributed by atoms with Gasteiger partial charge < -0.3 is 9.67 Å². The minimum Gasteiger partial charge on any atom is -0.478 e. The van der Waals surface area contributed by atoms with Gasteiger partial charge in [0, 0.05) is 16.6 Å². The van der Waals surface area contributed by atoms with Crippen molar-refractivity contribution < 1.29 is 9.90 Å². The zero-order valence-corrected chi connectivity index (χ0v) is 12.2. The molecule has 2 aromatic carbocycles. The van der Waals surface area contributed by atoms with Crippen molar-refractivity contribution in [2.24, 2.45) is 0 Å². The third-order valence-corrected chi connectivity index (χ3v) is 3.76. The SMILES string of the molecule is O=C(O)c1ccccc1Cn1ccc2ccc(Cl)cc2c1=O. The Labute approximate surface area is 131 Å². The molecule has 0 aliphatic heterocycles. The van der Waals surface area contributed by atoms with Gasteiger partial charge in [0.15, 0.2) is 0 Å². The first-order valence-corrected chi connectivity index (χ1v) is 7.04. The number of carboxylic acids is 1. The van der Waals surface area contributed by atoms with Crippen LogP contribution in [-0.4, -0.2) is 15.6 Å². The molecule has 0 amide bonds. The maximum absolute atomic E-state index is 12.5. The van der Waals surface area contributed by atoms with Crippen LogP contribution in [0.4, 0.5) is 0 Å². The zero-order valence-electron chi connectivity index (χ0n) is 11.5.